The van der Waals surface area contributed by atoms with Crippen molar-refractivity contribution >= 4 is 40.3 Å². The second-order valence-corrected chi connectivity index (χ2v) is 10.1. The van der Waals surface area contributed by atoms with E-state index in [1.165, 1.54) is 0 Å². The first-order valence-corrected chi connectivity index (χ1v) is 13.8. The second kappa shape index (κ2) is 10.7. The first-order valence-electron chi connectivity index (χ1n) is 13.8. The van der Waals surface area contributed by atoms with Crippen LogP contribution < -0.4 is 9.64 Å². The van der Waals surface area contributed by atoms with Crippen LogP contribution in [0.25, 0.3) is 11.6 Å². The molecule has 0 unspecified atom stereocenters. The lowest BCUT2D eigenvalue weighted by atomic mass is 9.93. The second-order valence-electron chi connectivity index (χ2n) is 10.1. The zero-order valence-corrected chi connectivity index (χ0v) is 22.6. The van der Waals surface area contributed by atoms with Crippen LogP contribution in [0.1, 0.15) is 31.8 Å². The van der Waals surface area contributed by atoms with Crippen molar-refractivity contribution in [2.45, 2.75) is 0 Å². The largest absolute Gasteiger partial charge is 0.457 e. The summed E-state index contributed by atoms with van der Waals surface area (Å²) in [6, 6.07) is 43.3. The van der Waals surface area contributed by atoms with Crippen LogP contribution in [0.3, 0.4) is 0 Å². The zero-order valence-electron chi connectivity index (χ0n) is 22.6. The Hall–Kier alpha value is -5.74. The molecule has 0 N–H and O–H groups in total. The number of fused-ring (bicyclic) bond motifs is 2. The molecule has 0 radical (unpaired) electrons. The van der Waals surface area contributed by atoms with Crippen LogP contribution >= 0.6 is 0 Å². The number of benzene rings is 5. The van der Waals surface area contributed by atoms with Gasteiger partial charge in [0, 0.05) is 39.3 Å². The SMILES string of the molecule is O=C1C(=C2C=C(C=Cc3ccc(N(c4ccccc4)c4ccccc4)cc3)Oc3ccccc32)C(=O)c2ccccc21. The fourth-order valence-electron chi connectivity index (χ4n) is 5.45. The highest BCUT2D eigenvalue weighted by molar-refractivity contribution is 6.43. The highest BCUT2D eigenvalue weighted by atomic mass is 16.5. The maximum Gasteiger partial charge on any atom is 0.198 e. The number of hydrogen-bond acceptors (Lipinski definition) is 4. The van der Waals surface area contributed by atoms with Gasteiger partial charge in [-0.2, -0.15) is 0 Å². The van der Waals surface area contributed by atoms with Crippen molar-refractivity contribution in [1.29, 1.82) is 0 Å². The highest BCUT2D eigenvalue weighted by Crippen LogP contribution is 2.40. The molecule has 0 atom stereocenters. The van der Waals surface area contributed by atoms with Crippen LogP contribution in [0.15, 0.2) is 157 Å². The van der Waals surface area contributed by atoms with Gasteiger partial charge >= 0.3 is 0 Å². The molecule has 0 spiro atoms. The average molecular weight is 544 g/mol. The van der Waals surface area contributed by atoms with Crippen LogP contribution in [-0.2, 0) is 0 Å². The minimum atomic E-state index is -0.251. The number of nitrogens with zero attached hydrogens (tertiary/aromatic N) is 1. The van der Waals surface area contributed by atoms with Crippen molar-refractivity contribution in [3.8, 4) is 5.75 Å². The van der Waals surface area contributed by atoms with Crippen molar-refractivity contribution in [2.75, 3.05) is 4.90 Å². The Morgan fingerprint density at radius 3 is 1.60 bits per heavy atom. The Bertz CT molecular complexity index is 1840. The van der Waals surface area contributed by atoms with Crippen molar-refractivity contribution in [3.05, 3.63) is 179 Å². The predicted octanol–water partition coefficient (Wildman–Crippen LogP) is 8.98. The van der Waals surface area contributed by atoms with E-state index in [0.717, 1.165) is 28.2 Å². The van der Waals surface area contributed by atoms with Gasteiger partial charge in [0.05, 0.1) is 5.57 Å². The van der Waals surface area contributed by atoms with Crippen LogP contribution in [0, 0.1) is 0 Å². The average Bonchev–Trinajstić information content (AvgIpc) is 3.30. The van der Waals surface area contributed by atoms with Crippen LogP contribution in [0.5, 0.6) is 5.75 Å². The van der Waals surface area contributed by atoms with Crippen molar-refractivity contribution in [2.24, 2.45) is 0 Å². The molecule has 5 aromatic rings. The summed E-state index contributed by atoms with van der Waals surface area (Å²) in [6.45, 7) is 0. The number of allylic oxidation sites excluding steroid dienone is 4. The van der Waals surface area contributed by atoms with Crippen LogP contribution in [0.2, 0.25) is 0 Å². The van der Waals surface area contributed by atoms with Crippen molar-refractivity contribution < 1.29 is 14.3 Å². The molecular weight excluding hydrogens is 518 g/mol. The van der Waals surface area contributed by atoms with Gasteiger partial charge < -0.3 is 9.64 Å². The Morgan fingerprint density at radius 1 is 0.500 bits per heavy atom. The maximum absolute atomic E-state index is 13.3. The summed E-state index contributed by atoms with van der Waals surface area (Å²) in [4.78, 5) is 28.9. The van der Waals surface area contributed by atoms with Gasteiger partial charge in [0.15, 0.2) is 11.6 Å². The van der Waals surface area contributed by atoms with E-state index in [0.29, 0.717) is 28.2 Å². The molecule has 0 fully saturated rings. The van der Waals surface area contributed by atoms with E-state index in [9.17, 15) is 9.59 Å². The molecule has 1 heterocycles. The quantitative estimate of drug-likeness (QED) is 0.164. The molecule has 0 aromatic heterocycles. The Kier molecular flexibility index (Phi) is 6.42. The van der Waals surface area contributed by atoms with E-state index in [-0.39, 0.29) is 17.1 Å². The van der Waals surface area contributed by atoms with Gasteiger partial charge in [-0.3, -0.25) is 9.59 Å². The highest BCUT2D eigenvalue weighted by Gasteiger charge is 2.36. The van der Waals surface area contributed by atoms with Gasteiger partial charge in [-0.1, -0.05) is 97.1 Å². The van der Waals surface area contributed by atoms with E-state index < -0.39 is 0 Å². The zero-order chi connectivity index (χ0) is 28.5. The fourth-order valence-corrected chi connectivity index (χ4v) is 5.45. The van der Waals surface area contributed by atoms with E-state index in [4.69, 9.17) is 4.74 Å². The lowest BCUT2D eigenvalue weighted by molar-refractivity contribution is 0.0990. The van der Waals surface area contributed by atoms with E-state index in [1.54, 1.807) is 30.3 Å². The summed E-state index contributed by atoms with van der Waals surface area (Å²) in [7, 11) is 0. The van der Waals surface area contributed by atoms with E-state index >= 15 is 0 Å². The number of carbonyl (C=O) groups excluding carboxylic acids is 2. The molecule has 0 saturated heterocycles. The Labute approximate surface area is 244 Å². The number of hydrogen-bond donors (Lipinski definition) is 0. The topological polar surface area (TPSA) is 46.6 Å². The lowest BCUT2D eigenvalue weighted by Gasteiger charge is -2.25. The molecule has 0 bridgehead atoms. The monoisotopic (exact) mass is 543 g/mol. The maximum atomic E-state index is 13.3. The predicted molar refractivity (Wildman–Crippen MR) is 167 cm³/mol. The number of rotatable bonds is 5. The number of Topliss-reactive ketones (excluding diaryl/α,β-unsaturated/α-hetero) is 2. The summed E-state index contributed by atoms with van der Waals surface area (Å²) in [5.74, 6) is 0.653. The third-order valence-corrected chi connectivity index (χ3v) is 7.45. The van der Waals surface area contributed by atoms with E-state index in [2.05, 4.69) is 53.4 Å². The minimum Gasteiger partial charge on any atom is -0.457 e. The Balaban J connectivity index is 1.22. The molecule has 1 aliphatic carbocycles. The third-order valence-electron chi connectivity index (χ3n) is 7.45. The number of anilines is 3. The molecule has 1 aliphatic heterocycles. The van der Waals surface area contributed by atoms with Crippen LogP contribution in [-0.4, -0.2) is 11.6 Å². The molecule has 0 saturated carbocycles. The van der Waals surface area contributed by atoms with Crippen LogP contribution in [0.4, 0.5) is 17.1 Å². The number of ether oxygens (including phenoxy) is 1. The van der Waals surface area contributed by atoms with Gasteiger partial charge in [-0.25, -0.2) is 0 Å². The number of ketones is 2. The normalized spacial score (nSPS) is 14.0. The molecule has 5 aromatic carbocycles. The van der Waals surface area contributed by atoms with Gasteiger partial charge in [0.1, 0.15) is 11.5 Å². The standard InChI is InChI=1S/C38H25NO3/c40-37-32-16-7-8-17-33(32)38(41)36(37)34-25-30(42-35-18-10-9-15-31(34)35)24-21-26-19-22-29(23-20-26)39(27-11-3-1-4-12-27)28-13-5-2-6-14-28/h1-25H. The third kappa shape index (κ3) is 4.55. The number of carbonyl (C=O) groups is 2. The first kappa shape index (κ1) is 25.2. The van der Waals surface area contributed by atoms with Gasteiger partial charge in [0.2, 0.25) is 0 Å². The molecular formula is C38H25NO3. The van der Waals surface area contributed by atoms with Gasteiger partial charge in [-0.15, -0.1) is 0 Å². The van der Waals surface area contributed by atoms with E-state index in [1.807, 2.05) is 72.8 Å². The van der Waals surface area contributed by atoms with Crippen molar-refractivity contribution in [1.82, 2.24) is 0 Å². The summed E-state index contributed by atoms with van der Waals surface area (Å²) in [6.07, 6.45) is 5.62. The van der Waals surface area contributed by atoms with Gasteiger partial charge in [-0.05, 0) is 60.2 Å². The molecule has 7 rings (SSSR count). The van der Waals surface area contributed by atoms with Crippen molar-refractivity contribution in [3.63, 3.8) is 0 Å². The van der Waals surface area contributed by atoms with Gasteiger partial charge in [0.25, 0.3) is 0 Å². The summed E-state index contributed by atoms with van der Waals surface area (Å²) in [5.41, 5.74) is 6.55. The molecule has 2 aliphatic rings. The summed E-state index contributed by atoms with van der Waals surface area (Å²) in [5, 5.41) is 0. The number of para-hydroxylation sites is 3. The fraction of sp³-hybridized carbons (Fsp3) is 0. The molecule has 4 heteroatoms. The first-order chi connectivity index (χ1) is 20.7. The summed E-state index contributed by atoms with van der Waals surface area (Å²) >= 11 is 0. The minimum absolute atomic E-state index is 0.184. The molecule has 42 heavy (non-hydrogen) atoms. The lowest BCUT2D eigenvalue weighted by Crippen LogP contribution is -2.09. The summed E-state index contributed by atoms with van der Waals surface area (Å²) < 4.78 is 6.18. The molecule has 4 nitrogen and oxygen atoms in total. The smallest absolute Gasteiger partial charge is 0.198 e. The Morgan fingerprint density at radius 2 is 1.00 bits per heavy atom. The molecule has 0 amide bonds. The molecule has 200 valence electrons.